The lowest BCUT2D eigenvalue weighted by atomic mass is 9.98. The Morgan fingerprint density at radius 3 is 2.50 bits per heavy atom. The number of hydrogen-bond donors (Lipinski definition) is 3. The third kappa shape index (κ3) is 4.31. The SMILES string of the molecule is CCCC(C)(O)CNC(CC)c1ccccc1O. The number of nitrogens with one attached hydrogen (secondary N) is 1. The van der Waals surface area contributed by atoms with Gasteiger partial charge in [-0.2, -0.15) is 0 Å². The molecule has 3 heteroatoms. The zero-order valence-corrected chi connectivity index (χ0v) is 11.6. The molecule has 0 fully saturated rings. The molecule has 0 heterocycles. The molecular weight excluding hydrogens is 226 g/mol. The molecule has 0 aliphatic heterocycles. The van der Waals surface area contributed by atoms with Gasteiger partial charge < -0.3 is 15.5 Å². The van der Waals surface area contributed by atoms with Gasteiger partial charge in [-0.15, -0.1) is 0 Å². The molecule has 0 bridgehead atoms. The van der Waals surface area contributed by atoms with Crippen molar-refractivity contribution < 1.29 is 10.2 Å². The monoisotopic (exact) mass is 251 g/mol. The number of benzene rings is 1. The molecule has 0 saturated heterocycles. The van der Waals surface area contributed by atoms with Gasteiger partial charge in [-0.25, -0.2) is 0 Å². The van der Waals surface area contributed by atoms with Crippen molar-refractivity contribution in [3.8, 4) is 5.75 Å². The van der Waals surface area contributed by atoms with Crippen molar-refractivity contribution in [2.75, 3.05) is 6.54 Å². The molecule has 0 aliphatic carbocycles. The fraction of sp³-hybridized carbons (Fsp3) is 0.600. The Bertz CT molecular complexity index is 363. The third-order valence-electron chi connectivity index (χ3n) is 3.24. The van der Waals surface area contributed by atoms with Gasteiger partial charge in [0.05, 0.1) is 5.60 Å². The van der Waals surface area contributed by atoms with Gasteiger partial charge in [-0.1, -0.05) is 38.5 Å². The van der Waals surface area contributed by atoms with Gasteiger partial charge in [0, 0.05) is 18.2 Å². The molecule has 0 aliphatic rings. The van der Waals surface area contributed by atoms with Gasteiger partial charge in [-0.05, 0) is 25.8 Å². The molecule has 18 heavy (non-hydrogen) atoms. The zero-order valence-electron chi connectivity index (χ0n) is 11.6. The van der Waals surface area contributed by atoms with Crippen LogP contribution in [0.4, 0.5) is 0 Å². The van der Waals surface area contributed by atoms with Crippen LogP contribution in [0.3, 0.4) is 0 Å². The van der Waals surface area contributed by atoms with Crippen LogP contribution in [0.15, 0.2) is 24.3 Å². The Labute approximate surface area is 110 Å². The van der Waals surface area contributed by atoms with Crippen molar-refractivity contribution in [1.29, 1.82) is 0 Å². The quantitative estimate of drug-likeness (QED) is 0.698. The fourth-order valence-electron chi connectivity index (χ4n) is 2.23. The molecule has 1 rings (SSSR count). The Morgan fingerprint density at radius 1 is 1.28 bits per heavy atom. The third-order valence-corrected chi connectivity index (χ3v) is 3.24. The molecule has 2 atom stereocenters. The summed E-state index contributed by atoms with van der Waals surface area (Å²) in [4.78, 5) is 0. The topological polar surface area (TPSA) is 52.5 Å². The van der Waals surface area contributed by atoms with E-state index in [2.05, 4.69) is 19.2 Å². The maximum absolute atomic E-state index is 10.2. The first-order chi connectivity index (χ1) is 8.50. The second kappa shape index (κ2) is 6.76. The summed E-state index contributed by atoms with van der Waals surface area (Å²) in [5, 5.41) is 23.3. The van der Waals surface area contributed by atoms with Crippen molar-refractivity contribution in [3.05, 3.63) is 29.8 Å². The molecule has 0 aromatic heterocycles. The van der Waals surface area contributed by atoms with Crippen LogP contribution < -0.4 is 5.32 Å². The van der Waals surface area contributed by atoms with E-state index in [0.717, 1.165) is 24.8 Å². The minimum atomic E-state index is -0.688. The first-order valence-electron chi connectivity index (χ1n) is 6.74. The van der Waals surface area contributed by atoms with Gasteiger partial charge >= 0.3 is 0 Å². The van der Waals surface area contributed by atoms with Crippen LogP contribution in [0, 0.1) is 0 Å². The smallest absolute Gasteiger partial charge is 0.120 e. The molecule has 3 nitrogen and oxygen atoms in total. The largest absolute Gasteiger partial charge is 0.508 e. The van der Waals surface area contributed by atoms with E-state index < -0.39 is 5.60 Å². The first-order valence-corrected chi connectivity index (χ1v) is 6.74. The van der Waals surface area contributed by atoms with Gasteiger partial charge in [0.2, 0.25) is 0 Å². The summed E-state index contributed by atoms with van der Waals surface area (Å²) in [6.07, 6.45) is 2.61. The van der Waals surface area contributed by atoms with Crippen molar-refractivity contribution in [2.45, 2.75) is 51.7 Å². The van der Waals surface area contributed by atoms with Crippen LogP contribution in [0.1, 0.15) is 51.6 Å². The van der Waals surface area contributed by atoms with E-state index in [1.54, 1.807) is 6.07 Å². The van der Waals surface area contributed by atoms with Gasteiger partial charge in [-0.3, -0.25) is 0 Å². The van der Waals surface area contributed by atoms with Crippen LogP contribution in [-0.4, -0.2) is 22.4 Å². The van der Waals surface area contributed by atoms with Crippen LogP contribution >= 0.6 is 0 Å². The van der Waals surface area contributed by atoms with Crippen LogP contribution in [0.5, 0.6) is 5.75 Å². The average molecular weight is 251 g/mol. The van der Waals surface area contributed by atoms with E-state index in [1.807, 2.05) is 25.1 Å². The van der Waals surface area contributed by atoms with E-state index in [4.69, 9.17) is 0 Å². The van der Waals surface area contributed by atoms with Crippen molar-refractivity contribution in [3.63, 3.8) is 0 Å². The standard InChI is InChI=1S/C15H25NO2/c1-4-10-15(3,18)11-16-13(5-2)12-8-6-7-9-14(12)17/h6-9,13,16-18H,4-5,10-11H2,1-3H3. The lowest BCUT2D eigenvalue weighted by Gasteiger charge is -2.27. The van der Waals surface area contributed by atoms with Crippen LogP contribution in [-0.2, 0) is 0 Å². The molecule has 1 aromatic carbocycles. The summed E-state index contributed by atoms with van der Waals surface area (Å²) in [7, 11) is 0. The lowest BCUT2D eigenvalue weighted by Crippen LogP contribution is -2.39. The molecule has 102 valence electrons. The average Bonchev–Trinajstić information content (AvgIpc) is 2.32. The molecule has 0 radical (unpaired) electrons. The zero-order chi connectivity index (χ0) is 13.6. The summed E-state index contributed by atoms with van der Waals surface area (Å²) in [5.74, 6) is 0.312. The first kappa shape index (κ1) is 15.0. The summed E-state index contributed by atoms with van der Waals surface area (Å²) in [6, 6.07) is 7.44. The highest BCUT2D eigenvalue weighted by Gasteiger charge is 2.21. The number of para-hydroxylation sites is 1. The second-order valence-electron chi connectivity index (χ2n) is 5.15. The number of aliphatic hydroxyl groups is 1. The highest BCUT2D eigenvalue weighted by atomic mass is 16.3. The Morgan fingerprint density at radius 2 is 1.94 bits per heavy atom. The highest BCUT2D eigenvalue weighted by Crippen LogP contribution is 2.26. The van der Waals surface area contributed by atoms with E-state index in [9.17, 15) is 10.2 Å². The van der Waals surface area contributed by atoms with E-state index in [0.29, 0.717) is 12.3 Å². The number of rotatable bonds is 7. The molecule has 1 aromatic rings. The van der Waals surface area contributed by atoms with E-state index in [1.165, 1.54) is 0 Å². The summed E-state index contributed by atoms with van der Waals surface area (Å²) >= 11 is 0. The maximum atomic E-state index is 10.2. The second-order valence-corrected chi connectivity index (χ2v) is 5.15. The number of phenols is 1. The summed E-state index contributed by atoms with van der Waals surface area (Å²) in [6.45, 7) is 6.52. The highest BCUT2D eigenvalue weighted by molar-refractivity contribution is 5.34. The van der Waals surface area contributed by atoms with Crippen LogP contribution in [0.2, 0.25) is 0 Å². The minimum absolute atomic E-state index is 0.0783. The molecule has 0 amide bonds. The molecular formula is C15H25NO2. The van der Waals surface area contributed by atoms with E-state index >= 15 is 0 Å². The van der Waals surface area contributed by atoms with Gasteiger partial charge in [0.25, 0.3) is 0 Å². The Kier molecular flexibility index (Phi) is 5.63. The van der Waals surface area contributed by atoms with Crippen molar-refractivity contribution in [2.24, 2.45) is 0 Å². The normalized spacial score (nSPS) is 16.2. The predicted octanol–water partition coefficient (Wildman–Crippen LogP) is 2.98. The van der Waals surface area contributed by atoms with E-state index in [-0.39, 0.29) is 6.04 Å². The molecule has 0 spiro atoms. The number of phenolic OH excluding ortho intramolecular Hbond substituents is 1. The number of hydrogen-bond acceptors (Lipinski definition) is 3. The Balaban J connectivity index is 2.66. The van der Waals surface area contributed by atoms with Crippen molar-refractivity contribution in [1.82, 2.24) is 5.32 Å². The predicted molar refractivity (Wildman–Crippen MR) is 74.7 cm³/mol. The lowest BCUT2D eigenvalue weighted by molar-refractivity contribution is 0.0469. The Hall–Kier alpha value is -1.06. The number of aromatic hydroxyl groups is 1. The van der Waals surface area contributed by atoms with Gasteiger partial charge in [0.15, 0.2) is 0 Å². The van der Waals surface area contributed by atoms with Crippen molar-refractivity contribution >= 4 is 0 Å². The minimum Gasteiger partial charge on any atom is -0.508 e. The molecule has 2 unspecified atom stereocenters. The van der Waals surface area contributed by atoms with Gasteiger partial charge in [0.1, 0.15) is 5.75 Å². The van der Waals surface area contributed by atoms with Crippen LogP contribution in [0.25, 0.3) is 0 Å². The molecule has 0 saturated carbocycles. The fourth-order valence-corrected chi connectivity index (χ4v) is 2.23. The molecule has 3 N–H and O–H groups in total. The summed E-state index contributed by atoms with van der Waals surface area (Å²) < 4.78 is 0. The maximum Gasteiger partial charge on any atom is 0.120 e. The summed E-state index contributed by atoms with van der Waals surface area (Å²) in [5.41, 5.74) is 0.208.